The van der Waals surface area contributed by atoms with Gasteiger partial charge in [0, 0.05) is 44.2 Å². The van der Waals surface area contributed by atoms with E-state index < -0.39 is 5.97 Å². The molecule has 1 saturated heterocycles. The van der Waals surface area contributed by atoms with Crippen LogP contribution in [0.3, 0.4) is 0 Å². The molecular weight excluding hydrogens is 275 g/mol. The Morgan fingerprint density at radius 1 is 1.43 bits per heavy atom. The molecule has 0 saturated carbocycles. The summed E-state index contributed by atoms with van der Waals surface area (Å²) in [6.45, 7) is 2.29. The quantitative estimate of drug-likeness (QED) is 0.819. The van der Waals surface area contributed by atoms with E-state index in [0.29, 0.717) is 43.7 Å². The first-order valence-electron chi connectivity index (χ1n) is 6.73. The number of carboxylic acid groups (broad SMARTS) is 1. The fourth-order valence-corrected chi connectivity index (χ4v) is 2.18. The molecule has 1 aliphatic heterocycles. The maximum absolute atomic E-state index is 14.0. The number of benzene rings is 1. The normalized spacial score (nSPS) is 16.7. The predicted octanol–water partition coefficient (Wildman–Crippen LogP) is 1.25. The number of carboxylic acids is 1. The molecule has 1 aliphatic rings. The second-order valence-electron chi connectivity index (χ2n) is 4.90. The highest BCUT2D eigenvalue weighted by Crippen LogP contribution is 2.14. The van der Waals surface area contributed by atoms with Gasteiger partial charge >= 0.3 is 5.97 Å². The maximum atomic E-state index is 14.0. The summed E-state index contributed by atoms with van der Waals surface area (Å²) in [5.41, 5.74) is 1.04. The first-order chi connectivity index (χ1) is 10.0. The van der Waals surface area contributed by atoms with E-state index in [-0.39, 0.29) is 11.7 Å². The molecule has 1 heterocycles. The Labute approximate surface area is 122 Å². The van der Waals surface area contributed by atoms with Crippen molar-refractivity contribution in [3.05, 3.63) is 41.2 Å². The van der Waals surface area contributed by atoms with Crippen LogP contribution in [-0.2, 0) is 16.1 Å². The molecule has 1 amide bonds. The number of halogens is 1. The van der Waals surface area contributed by atoms with Gasteiger partial charge in [0.05, 0.1) is 0 Å². The number of carbonyl (C=O) groups excluding carboxylic acids is 1. The van der Waals surface area contributed by atoms with Crippen LogP contribution in [0.15, 0.2) is 24.3 Å². The van der Waals surface area contributed by atoms with Crippen molar-refractivity contribution in [2.45, 2.75) is 13.0 Å². The smallest absolute Gasteiger partial charge is 0.328 e. The SMILES string of the molecule is O=C(O)C=Cc1ccc(CN2CCNC(=O)CC2)c(F)c1. The average molecular weight is 292 g/mol. The van der Waals surface area contributed by atoms with Gasteiger partial charge in [0.2, 0.25) is 5.91 Å². The van der Waals surface area contributed by atoms with Crippen molar-refractivity contribution in [1.82, 2.24) is 10.2 Å². The third-order valence-electron chi connectivity index (χ3n) is 3.29. The van der Waals surface area contributed by atoms with Crippen molar-refractivity contribution in [3.63, 3.8) is 0 Å². The molecule has 21 heavy (non-hydrogen) atoms. The summed E-state index contributed by atoms with van der Waals surface area (Å²) < 4.78 is 14.0. The van der Waals surface area contributed by atoms with Crippen LogP contribution < -0.4 is 5.32 Å². The first-order valence-corrected chi connectivity index (χ1v) is 6.73. The Hall–Kier alpha value is -2.21. The van der Waals surface area contributed by atoms with Crippen molar-refractivity contribution < 1.29 is 19.1 Å². The molecule has 0 aromatic heterocycles. The van der Waals surface area contributed by atoms with Crippen molar-refractivity contribution in [2.75, 3.05) is 19.6 Å². The summed E-state index contributed by atoms with van der Waals surface area (Å²) in [5.74, 6) is -1.42. The monoisotopic (exact) mass is 292 g/mol. The lowest BCUT2D eigenvalue weighted by Crippen LogP contribution is -2.28. The Kier molecular flexibility index (Phi) is 5.05. The van der Waals surface area contributed by atoms with E-state index in [0.717, 1.165) is 6.08 Å². The summed E-state index contributed by atoms with van der Waals surface area (Å²) in [5, 5.41) is 11.3. The minimum atomic E-state index is -1.07. The van der Waals surface area contributed by atoms with Gasteiger partial charge < -0.3 is 10.4 Å². The number of amides is 1. The zero-order chi connectivity index (χ0) is 15.2. The van der Waals surface area contributed by atoms with Crippen LogP contribution in [-0.4, -0.2) is 41.5 Å². The molecule has 2 rings (SSSR count). The molecule has 0 bridgehead atoms. The van der Waals surface area contributed by atoms with Crippen molar-refractivity contribution >= 4 is 18.0 Å². The van der Waals surface area contributed by atoms with E-state index in [4.69, 9.17) is 5.11 Å². The second-order valence-corrected chi connectivity index (χ2v) is 4.90. The lowest BCUT2D eigenvalue weighted by Gasteiger charge is -2.19. The van der Waals surface area contributed by atoms with Gasteiger partial charge in [0.15, 0.2) is 0 Å². The van der Waals surface area contributed by atoms with Crippen LogP contribution in [0.5, 0.6) is 0 Å². The maximum Gasteiger partial charge on any atom is 0.328 e. The summed E-state index contributed by atoms with van der Waals surface area (Å²) in [4.78, 5) is 23.7. The molecule has 1 aromatic carbocycles. The molecule has 5 nitrogen and oxygen atoms in total. The molecule has 2 N–H and O–H groups in total. The molecule has 0 unspecified atom stereocenters. The second kappa shape index (κ2) is 6.99. The zero-order valence-electron chi connectivity index (χ0n) is 11.5. The third kappa shape index (κ3) is 4.68. The van der Waals surface area contributed by atoms with Gasteiger partial charge in [0.1, 0.15) is 5.82 Å². The fraction of sp³-hybridized carbons (Fsp3) is 0.333. The standard InChI is InChI=1S/C15H17FN2O3/c16-13-9-11(2-4-15(20)21)1-3-12(13)10-18-7-5-14(19)17-6-8-18/h1-4,9H,5-8,10H2,(H,17,19)(H,20,21). The lowest BCUT2D eigenvalue weighted by molar-refractivity contribution is -0.131. The molecule has 1 fully saturated rings. The Balaban J connectivity index is 2.03. The van der Waals surface area contributed by atoms with Crippen molar-refractivity contribution in [1.29, 1.82) is 0 Å². The highest BCUT2D eigenvalue weighted by atomic mass is 19.1. The lowest BCUT2D eigenvalue weighted by atomic mass is 10.1. The van der Waals surface area contributed by atoms with Gasteiger partial charge in [0.25, 0.3) is 0 Å². The van der Waals surface area contributed by atoms with Crippen LogP contribution in [0.25, 0.3) is 6.08 Å². The van der Waals surface area contributed by atoms with Crippen LogP contribution >= 0.6 is 0 Å². The Morgan fingerprint density at radius 2 is 2.24 bits per heavy atom. The molecule has 6 heteroatoms. The summed E-state index contributed by atoms with van der Waals surface area (Å²) >= 11 is 0. The van der Waals surface area contributed by atoms with Crippen LogP contribution in [0, 0.1) is 5.82 Å². The Bertz CT molecular complexity index is 572. The van der Waals surface area contributed by atoms with E-state index >= 15 is 0 Å². The molecular formula is C15H17FN2O3. The number of rotatable bonds is 4. The Morgan fingerprint density at radius 3 is 2.95 bits per heavy atom. The predicted molar refractivity (Wildman–Crippen MR) is 76.0 cm³/mol. The molecule has 112 valence electrons. The molecule has 0 atom stereocenters. The topological polar surface area (TPSA) is 69.6 Å². The summed E-state index contributed by atoms with van der Waals surface area (Å²) in [6, 6.07) is 4.64. The van der Waals surface area contributed by atoms with Crippen molar-refractivity contribution in [3.8, 4) is 0 Å². The van der Waals surface area contributed by atoms with Gasteiger partial charge in [-0.25, -0.2) is 9.18 Å². The van der Waals surface area contributed by atoms with Gasteiger partial charge in [-0.05, 0) is 17.7 Å². The van der Waals surface area contributed by atoms with Crippen molar-refractivity contribution in [2.24, 2.45) is 0 Å². The van der Waals surface area contributed by atoms with Crippen LogP contribution in [0.1, 0.15) is 17.5 Å². The van der Waals surface area contributed by atoms with Gasteiger partial charge in [-0.2, -0.15) is 0 Å². The van der Waals surface area contributed by atoms with E-state index in [1.54, 1.807) is 12.1 Å². The molecule has 0 aliphatic carbocycles. The fourth-order valence-electron chi connectivity index (χ4n) is 2.18. The van der Waals surface area contributed by atoms with E-state index in [2.05, 4.69) is 5.32 Å². The van der Waals surface area contributed by atoms with Crippen LogP contribution in [0.4, 0.5) is 4.39 Å². The first kappa shape index (κ1) is 15.2. The highest BCUT2D eigenvalue weighted by Gasteiger charge is 2.15. The number of hydrogen-bond donors (Lipinski definition) is 2. The number of hydrogen-bond acceptors (Lipinski definition) is 3. The zero-order valence-corrected chi connectivity index (χ0v) is 11.5. The highest BCUT2D eigenvalue weighted by molar-refractivity contribution is 5.85. The van der Waals surface area contributed by atoms with Gasteiger partial charge in [-0.1, -0.05) is 12.1 Å². The van der Waals surface area contributed by atoms with E-state index in [9.17, 15) is 14.0 Å². The number of nitrogens with zero attached hydrogens (tertiary/aromatic N) is 1. The van der Waals surface area contributed by atoms with E-state index in [1.807, 2.05) is 4.90 Å². The minimum Gasteiger partial charge on any atom is -0.478 e. The molecule has 1 aromatic rings. The molecule has 0 radical (unpaired) electrons. The largest absolute Gasteiger partial charge is 0.478 e. The van der Waals surface area contributed by atoms with Crippen LogP contribution in [0.2, 0.25) is 0 Å². The number of aliphatic carboxylic acids is 1. The molecule has 0 spiro atoms. The third-order valence-corrected chi connectivity index (χ3v) is 3.29. The number of carbonyl (C=O) groups is 2. The van der Waals surface area contributed by atoms with E-state index in [1.165, 1.54) is 12.1 Å². The number of nitrogens with one attached hydrogen (secondary N) is 1. The summed E-state index contributed by atoms with van der Waals surface area (Å²) in [7, 11) is 0. The average Bonchev–Trinajstić information content (AvgIpc) is 2.64. The minimum absolute atomic E-state index is 0.0205. The van der Waals surface area contributed by atoms with Gasteiger partial charge in [-0.3, -0.25) is 9.69 Å². The van der Waals surface area contributed by atoms with Gasteiger partial charge in [-0.15, -0.1) is 0 Å². The summed E-state index contributed by atoms with van der Waals surface area (Å²) in [6.07, 6.45) is 2.74.